The number of hydrogen-bond donors (Lipinski definition) is 3. The second-order valence-corrected chi connectivity index (χ2v) is 2.70. The van der Waals surface area contributed by atoms with Crippen molar-refractivity contribution in [1.82, 2.24) is 10.3 Å². The van der Waals surface area contributed by atoms with E-state index in [1.54, 1.807) is 6.07 Å². The first-order valence-electron chi connectivity index (χ1n) is 4.38. The molecule has 0 fully saturated rings. The van der Waals surface area contributed by atoms with Gasteiger partial charge in [-0.3, -0.25) is 4.79 Å². The zero-order valence-corrected chi connectivity index (χ0v) is 7.95. The maximum Gasteiger partial charge on any atom is 0.239 e. The molecule has 76 valence electrons. The first-order valence-corrected chi connectivity index (χ1v) is 4.38. The second kappa shape index (κ2) is 5.18. The van der Waals surface area contributed by atoms with Gasteiger partial charge in [0.2, 0.25) is 5.91 Å². The van der Waals surface area contributed by atoms with Crippen LogP contribution in [-0.2, 0) is 4.79 Å². The molecule has 1 aromatic rings. The largest absolute Gasteiger partial charge is 0.504 e. The van der Waals surface area contributed by atoms with Gasteiger partial charge < -0.3 is 15.7 Å². The van der Waals surface area contributed by atoms with Crippen molar-refractivity contribution < 1.29 is 9.90 Å². The number of rotatable bonds is 4. The summed E-state index contributed by atoms with van der Waals surface area (Å²) in [6.07, 6.45) is 1.50. The Labute approximate surface area is 82.2 Å². The Morgan fingerprint density at radius 1 is 1.64 bits per heavy atom. The van der Waals surface area contributed by atoms with E-state index in [9.17, 15) is 9.90 Å². The molecule has 0 saturated carbocycles. The fourth-order valence-electron chi connectivity index (χ4n) is 0.908. The molecule has 0 unspecified atom stereocenters. The molecule has 0 aromatic carbocycles. The Hall–Kier alpha value is -1.62. The minimum absolute atomic E-state index is 0.0302. The maximum absolute atomic E-state index is 11.2. The number of anilines is 1. The van der Waals surface area contributed by atoms with E-state index in [1.165, 1.54) is 12.3 Å². The van der Waals surface area contributed by atoms with Crippen molar-refractivity contribution in [3.05, 3.63) is 18.3 Å². The van der Waals surface area contributed by atoms with Gasteiger partial charge in [0.25, 0.3) is 0 Å². The smallest absolute Gasteiger partial charge is 0.239 e. The Bertz CT molecular complexity index is 315. The van der Waals surface area contributed by atoms with Gasteiger partial charge in [-0.2, -0.15) is 0 Å². The molecule has 1 aromatic heterocycles. The average Bonchev–Trinajstić information content (AvgIpc) is 2.18. The van der Waals surface area contributed by atoms with Gasteiger partial charge in [0.1, 0.15) is 0 Å². The van der Waals surface area contributed by atoms with Gasteiger partial charge in [0.15, 0.2) is 11.6 Å². The van der Waals surface area contributed by atoms with Crippen LogP contribution in [0, 0.1) is 0 Å². The zero-order valence-electron chi connectivity index (χ0n) is 7.95. The number of aromatic nitrogens is 1. The first-order chi connectivity index (χ1) is 6.74. The van der Waals surface area contributed by atoms with E-state index in [1.807, 2.05) is 6.92 Å². The molecule has 5 nitrogen and oxygen atoms in total. The van der Waals surface area contributed by atoms with Crippen LogP contribution >= 0.6 is 0 Å². The SMILES string of the molecule is CCNCC(=O)Nc1ncccc1O. The molecule has 0 aliphatic heterocycles. The van der Waals surface area contributed by atoms with Crippen molar-refractivity contribution in [1.29, 1.82) is 0 Å². The van der Waals surface area contributed by atoms with Crippen LogP contribution in [0.1, 0.15) is 6.92 Å². The molecule has 1 amide bonds. The number of amides is 1. The summed E-state index contributed by atoms with van der Waals surface area (Å²) in [7, 11) is 0. The Morgan fingerprint density at radius 3 is 3.07 bits per heavy atom. The van der Waals surface area contributed by atoms with Crippen LogP contribution in [0.3, 0.4) is 0 Å². The highest BCUT2D eigenvalue weighted by molar-refractivity contribution is 5.92. The lowest BCUT2D eigenvalue weighted by Gasteiger charge is -2.05. The molecule has 0 aliphatic carbocycles. The molecular formula is C9H13N3O2. The van der Waals surface area contributed by atoms with Crippen LogP contribution < -0.4 is 10.6 Å². The molecule has 0 aliphatic rings. The molecule has 0 saturated heterocycles. The monoisotopic (exact) mass is 195 g/mol. The summed E-state index contributed by atoms with van der Waals surface area (Å²) in [4.78, 5) is 15.0. The highest BCUT2D eigenvalue weighted by atomic mass is 16.3. The summed E-state index contributed by atoms with van der Waals surface area (Å²) in [5, 5.41) is 14.6. The molecular weight excluding hydrogens is 182 g/mol. The standard InChI is InChI=1S/C9H13N3O2/c1-2-10-6-8(14)12-9-7(13)4-3-5-11-9/h3-5,10,13H,2,6H2,1H3,(H,11,12,14). The number of pyridine rings is 1. The third-order valence-electron chi connectivity index (χ3n) is 1.58. The molecule has 14 heavy (non-hydrogen) atoms. The minimum Gasteiger partial charge on any atom is -0.504 e. The number of hydrogen-bond acceptors (Lipinski definition) is 4. The molecule has 5 heteroatoms. The molecule has 1 rings (SSSR count). The Kier molecular flexibility index (Phi) is 3.87. The summed E-state index contributed by atoms with van der Waals surface area (Å²) in [5.74, 6) is -0.0615. The predicted molar refractivity (Wildman–Crippen MR) is 53.1 cm³/mol. The van der Waals surface area contributed by atoms with Gasteiger partial charge in [-0.05, 0) is 18.7 Å². The van der Waals surface area contributed by atoms with Gasteiger partial charge in [0, 0.05) is 6.20 Å². The molecule has 0 bridgehead atoms. The summed E-state index contributed by atoms with van der Waals surface area (Å²) in [6.45, 7) is 2.85. The van der Waals surface area contributed by atoms with Crippen molar-refractivity contribution in [3.63, 3.8) is 0 Å². The van der Waals surface area contributed by atoms with Crippen LogP contribution in [-0.4, -0.2) is 29.1 Å². The Morgan fingerprint density at radius 2 is 2.43 bits per heavy atom. The molecule has 0 radical (unpaired) electrons. The van der Waals surface area contributed by atoms with Crippen molar-refractivity contribution in [2.24, 2.45) is 0 Å². The van der Waals surface area contributed by atoms with Crippen LogP contribution in [0.2, 0.25) is 0 Å². The summed E-state index contributed by atoms with van der Waals surface area (Å²) < 4.78 is 0. The lowest BCUT2D eigenvalue weighted by atomic mass is 10.4. The number of carbonyl (C=O) groups is 1. The third kappa shape index (κ3) is 3.02. The van der Waals surface area contributed by atoms with Crippen molar-refractivity contribution >= 4 is 11.7 Å². The predicted octanol–water partition coefficient (Wildman–Crippen LogP) is 0.335. The number of aromatic hydroxyl groups is 1. The number of carbonyl (C=O) groups excluding carboxylic acids is 1. The van der Waals surface area contributed by atoms with E-state index in [4.69, 9.17) is 0 Å². The van der Waals surface area contributed by atoms with Gasteiger partial charge in [-0.25, -0.2) is 4.98 Å². The fourth-order valence-corrected chi connectivity index (χ4v) is 0.908. The van der Waals surface area contributed by atoms with E-state index in [2.05, 4.69) is 15.6 Å². The molecule has 1 heterocycles. The van der Waals surface area contributed by atoms with E-state index in [0.717, 1.165) is 6.54 Å². The van der Waals surface area contributed by atoms with E-state index in [0.29, 0.717) is 0 Å². The first kappa shape index (κ1) is 10.5. The van der Waals surface area contributed by atoms with Crippen LogP contribution in [0.4, 0.5) is 5.82 Å². The number of nitrogens with one attached hydrogen (secondary N) is 2. The minimum atomic E-state index is -0.221. The quantitative estimate of drug-likeness (QED) is 0.647. The van der Waals surface area contributed by atoms with Crippen molar-refractivity contribution in [2.45, 2.75) is 6.92 Å². The van der Waals surface area contributed by atoms with Gasteiger partial charge in [0.05, 0.1) is 6.54 Å². The second-order valence-electron chi connectivity index (χ2n) is 2.70. The summed E-state index contributed by atoms with van der Waals surface area (Å²) in [5.41, 5.74) is 0. The van der Waals surface area contributed by atoms with Crippen LogP contribution in [0.15, 0.2) is 18.3 Å². The molecule has 3 N–H and O–H groups in total. The van der Waals surface area contributed by atoms with E-state index >= 15 is 0 Å². The van der Waals surface area contributed by atoms with Crippen LogP contribution in [0.5, 0.6) is 5.75 Å². The van der Waals surface area contributed by atoms with Gasteiger partial charge >= 0.3 is 0 Å². The summed E-state index contributed by atoms with van der Waals surface area (Å²) >= 11 is 0. The number of nitrogens with zero attached hydrogens (tertiary/aromatic N) is 1. The van der Waals surface area contributed by atoms with E-state index in [-0.39, 0.29) is 24.0 Å². The topological polar surface area (TPSA) is 74.2 Å². The molecule has 0 atom stereocenters. The van der Waals surface area contributed by atoms with E-state index < -0.39 is 0 Å². The van der Waals surface area contributed by atoms with Crippen molar-refractivity contribution in [2.75, 3.05) is 18.4 Å². The highest BCUT2D eigenvalue weighted by Crippen LogP contribution is 2.17. The lowest BCUT2D eigenvalue weighted by Crippen LogP contribution is -2.28. The fraction of sp³-hybridized carbons (Fsp3) is 0.333. The van der Waals surface area contributed by atoms with Gasteiger partial charge in [-0.1, -0.05) is 6.92 Å². The zero-order chi connectivity index (χ0) is 10.4. The summed E-state index contributed by atoms with van der Waals surface area (Å²) in [6, 6.07) is 3.06. The maximum atomic E-state index is 11.2. The van der Waals surface area contributed by atoms with Crippen LogP contribution in [0.25, 0.3) is 0 Å². The highest BCUT2D eigenvalue weighted by Gasteiger charge is 2.05. The normalized spacial score (nSPS) is 9.79. The number of likely N-dealkylation sites (N-methyl/N-ethyl adjacent to an activating group) is 1. The average molecular weight is 195 g/mol. The third-order valence-corrected chi connectivity index (χ3v) is 1.58. The van der Waals surface area contributed by atoms with Gasteiger partial charge in [-0.15, -0.1) is 0 Å². The lowest BCUT2D eigenvalue weighted by molar-refractivity contribution is -0.115. The molecule has 0 spiro atoms. The Balaban J connectivity index is 2.52. The van der Waals surface area contributed by atoms with Crippen molar-refractivity contribution in [3.8, 4) is 5.75 Å².